The highest BCUT2D eigenvalue weighted by Gasteiger charge is 2.05. The number of nitrogens with one attached hydrogen (secondary N) is 2. The number of nitrogens with zero attached hydrogens (tertiary/aromatic N) is 1. The Balaban J connectivity index is 1.94. The summed E-state index contributed by atoms with van der Waals surface area (Å²) in [6.07, 6.45) is 0. The van der Waals surface area contributed by atoms with Crippen molar-refractivity contribution in [1.82, 2.24) is 5.32 Å². The average Bonchev–Trinajstić information content (AvgIpc) is 2.53. The zero-order chi connectivity index (χ0) is 15.1. The number of rotatable bonds is 4. The number of para-hydroxylation sites is 1. The molecule has 0 aliphatic heterocycles. The standard InChI is InChI=1S/C16H15N3O2/c1-21-15-8-3-2-6-13(15)11-18-16(20)19-14-7-4-5-12(9-14)10-17/h2-9H,11H2,1H3,(H2,18,19,20). The minimum atomic E-state index is -0.337. The van der Waals surface area contributed by atoms with Crippen LogP contribution in [-0.4, -0.2) is 13.1 Å². The molecule has 2 amide bonds. The van der Waals surface area contributed by atoms with E-state index in [0.29, 0.717) is 17.8 Å². The summed E-state index contributed by atoms with van der Waals surface area (Å²) in [7, 11) is 1.59. The SMILES string of the molecule is COc1ccccc1CNC(=O)Nc1cccc(C#N)c1. The molecule has 2 rings (SSSR count). The maximum atomic E-state index is 11.8. The number of ether oxygens (including phenoxy) is 1. The second-order valence-electron chi connectivity index (χ2n) is 4.31. The predicted octanol–water partition coefficient (Wildman–Crippen LogP) is 2.89. The van der Waals surface area contributed by atoms with E-state index in [2.05, 4.69) is 10.6 Å². The molecule has 0 heterocycles. The first-order valence-corrected chi connectivity index (χ1v) is 6.40. The molecule has 0 atom stereocenters. The van der Waals surface area contributed by atoms with Gasteiger partial charge in [-0.25, -0.2) is 4.79 Å². The van der Waals surface area contributed by atoms with Gasteiger partial charge >= 0.3 is 6.03 Å². The quantitative estimate of drug-likeness (QED) is 0.905. The molecule has 2 N–H and O–H groups in total. The van der Waals surface area contributed by atoms with Gasteiger partial charge in [0.1, 0.15) is 5.75 Å². The first kappa shape index (κ1) is 14.4. The van der Waals surface area contributed by atoms with Crippen LogP contribution in [0.1, 0.15) is 11.1 Å². The lowest BCUT2D eigenvalue weighted by Crippen LogP contribution is -2.28. The number of urea groups is 1. The van der Waals surface area contributed by atoms with Gasteiger partial charge in [0.2, 0.25) is 0 Å². The van der Waals surface area contributed by atoms with E-state index in [0.717, 1.165) is 11.3 Å². The summed E-state index contributed by atoms with van der Waals surface area (Å²) >= 11 is 0. The smallest absolute Gasteiger partial charge is 0.319 e. The second kappa shape index (κ2) is 6.96. The Kier molecular flexibility index (Phi) is 4.78. The molecular weight excluding hydrogens is 266 g/mol. The van der Waals surface area contributed by atoms with Gasteiger partial charge in [-0.15, -0.1) is 0 Å². The van der Waals surface area contributed by atoms with E-state index in [-0.39, 0.29) is 6.03 Å². The fraction of sp³-hybridized carbons (Fsp3) is 0.125. The maximum absolute atomic E-state index is 11.8. The fourth-order valence-electron chi connectivity index (χ4n) is 1.87. The molecule has 0 saturated carbocycles. The van der Waals surface area contributed by atoms with Gasteiger partial charge in [0.05, 0.1) is 18.7 Å². The molecule has 0 aliphatic carbocycles. The number of carbonyl (C=O) groups excluding carboxylic acids is 1. The molecule has 5 nitrogen and oxygen atoms in total. The zero-order valence-electron chi connectivity index (χ0n) is 11.6. The molecule has 0 bridgehead atoms. The summed E-state index contributed by atoms with van der Waals surface area (Å²) < 4.78 is 5.22. The largest absolute Gasteiger partial charge is 0.496 e. The van der Waals surface area contributed by atoms with E-state index in [1.165, 1.54) is 0 Å². The summed E-state index contributed by atoms with van der Waals surface area (Å²) in [6.45, 7) is 0.355. The van der Waals surface area contributed by atoms with Gasteiger partial charge < -0.3 is 15.4 Å². The van der Waals surface area contributed by atoms with E-state index in [9.17, 15) is 4.79 Å². The summed E-state index contributed by atoms with van der Waals surface area (Å²) in [5.41, 5.74) is 1.96. The van der Waals surface area contributed by atoms with E-state index < -0.39 is 0 Å². The number of amides is 2. The molecule has 5 heteroatoms. The van der Waals surface area contributed by atoms with Gasteiger partial charge in [-0.05, 0) is 24.3 Å². The van der Waals surface area contributed by atoms with Crippen molar-refractivity contribution in [3.05, 3.63) is 59.7 Å². The van der Waals surface area contributed by atoms with E-state index in [1.54, 1.807) is 31.4 Å². The van der Waals surface area contributed by atoms with Crippen LogP contribution in [0.3, 0.4) is 0 Å². The van der Waals surface area contributed by atoms with Crippen LogP contribution in [0.25, 0.3) is 0 Å². The Hall–Kier alpha value is -3.00. The van der Waals surface area contributed by atoms with E-state index >= 15 is 0 Å². The van der Waals surface area contributed by atoms with Gasteiger partial charge in [-0.1, -0.05) is 24.3 Å². The number of carbonyl (C=O) groups is 1. The van der Waals surface area contributed by atoms with Crippen molar-refractivity contribution in [3.63, 3.8) is 0 Å². The normalized spacial score (nSPS) is 9.52. The number of benzene rings is 2. The average molecular weight is 281 g/mol. The van der Waals surface area contributed by atoms with Crippen molar-refractivity contribution in [3.8, 4) is 11.8 Å². The molecule has 106 valence electrons. The van der Waals surface area contributed by atoms with Gasteiger partial charge in [0.25, 0.3) is 0 Å². The Morgan fingerprint density at radius 1 is 1.24 bits per heavy atom. The van der Waals surface area contributed by atoms with Gasteiger partial charge in [0, 0.05) is 17.8 Å². The van der Waals surface area contributed by atoms with Crippen LogP contribution in [0, 0.1) is 11.3 Å². The van der Waals surface area contributed by atoms with Crippen LogP contribution >= 0.6 is 0 Å². The summed E-state index contributed by atoms with van der Waals surface area (Å²) in [4.78, 5) is 11.8. The van der Waals surface area contributed by atoms with E-state index in [1.807, 2.05) is 30.3 Å². The Morgan fingerprint density at radius 2 is 2.05 bits per heavy atom. The lowest BCUT2D eigenvalue weighted by atomic mass is 10.2. The number of hydrogen-bond acceptors (Lipinski definition) is 3. The van der Waals surface area contributed by atoms with Gasteiger partial charge in [-0.2, -0.15) is 5.26 Å². The molecule has 0 unspecified atom stereocenters. The minimum absolute atomic E-state index is 0.337. The highest BCUT2D eigenvalue weighted by Crippen LogP contribution is 2.16. The zero-order valence-corrected chi connectivity index (χ0v) is 11.6. The number of nitriles is 1. The fourth-order valence-corrected chi connectivity index (χ4v) is 1.87. The Labute approximate surface area is 123 Å². The molecule has 0 radical (unpaired) electrons. The highest BCUT2D eigenvalue weighted by molar-refractivity contribution is 5.89. The van der Waals surface area contributed by atoms with Gasteiger partial charge in [-0.3, -0.25) is 0 Å². The van der Waals surface area contributed by atoms with Crippen LogP contribution < -0.4 is 15.4 Å². The molecule has 21 heavy (non-hydrogen) atoms. The highest BCUT2D eigenvalue weighted by atomic mass is 16.5. The van der Waals surface area contributed by atoms with Crippen molar-refractivity contribution in [1.29, 1.82) is 5.26 Å². The minimum Gasteiger partial charge on any atom is -0.496 e. The molecule has 0 aromatic heterocycles. The van der Waals surface area contributed by atoms with E-state index in [4.69, 9.17) is 10.00 Å². The number of methoxy groups -OCH3 is 1. The Bertz CT molecular complexity index is 677. The lowest BCUT2D eigenvalue weighted by molar-refractivity contribution is 0.251. The first-order valence-electron chi connectivity index (χ1n) is 6.40. The molecule has 0 saturated heterocycles. The number of anilines is 1. The Morgan fingerprint density at radius 3 is 2.81 bits per heavy atom. The van der Waals surface area contributed by atoms with Crippen molar-refractivity contribution < 1.29 is 9.53 Å². The maximum Gasteiger partial charge on any atom is 0.319 e. The third-order valence-corrected chi connectivity index (χ3v) is 2.88. The molecule has 0 spiro atoms. The molecule has 0 aliphatic rings. The second-order valence-corrected chi connectivity index (χ2v) is 4.31. The summed E-state index contributed by atoms with van der Waals surface area (Å²) in [5.74, 6) is 0.726. The van der Waals surface area contributed by atoms with Crippen molar-refractivity contribution >= 4 is 11.7 Å². The third kappa shape index (κ3) is 3.98. The summed E-state index contributed by atoms with van der Waals surface area (Å²) in [6, 6.07) is 15.9. The molecular formula is C16H15N3O2. The van der Waals surface area contributed by atoms with Crippen LogP contribution in [0.5, 0.6) is 5.75 Å². The van der Waals surface area contributed by atoms with Crippen LogP contribution in [0.4, 0.5) is 10.5 Å². The third-order valence-electron chi connectivity index (χ3n) is 2.88. The van der Waals surface area contributed by atoms with Gasteiger partial charge in [0.15, 0.2) is 0 Å². The van der Waals surface area contributed by atoms with Crippen molar-refractivity contribution in [2.75, 3.05) is 12.4 Å². The van der Waals surface area contributed by atoms with Crippen LogP contribution in [0.15, 0.2) is 48.5 Å². The van der Waals surface area contributed by atoms with Crippen LogP contribution in [0.2, 0.25) is 0 Å². The van der Waals surface area contributed by atoms with Crippen LogP contribution in [-0.2, 0) is 6.54 Å². The predicted molar refractivity (Wildman–Crippen MR) is 80.0 cm³/mol. The monoisotopic (exact) mass is 281 g/mol. The first-order chi connectivity index (χ1) is 10.2. The van der Waals surface area contributed by atoms with Crippen molar-refractivity contribution in [2.24, 2.45) is 0 Å². The summed E-state index contributed by atoms with van der Waals surface area (Å²) in [5, 5.41) is 14.2. The van der Waals surface area contributed by atoms with Crippen molar-refractivity contribution in [2.45, 2.75) is 6.54 Å². The molecule has 0 fully saturated rings. The topological polar surface area (TPSA) is 74.2 Å². The lowest BCUT2D eigenvalue weighted by Gasteiger charge is -2.10. The number of hydrogen-bond donors (Lipinski definition) is 2. The molecule has 2 aromatic rings. The molecule has 2 aromatic carbocycles.